The van der Waals surface area contributed by atoms with Gasteiger partial charge in [0.05, 0.1) is 12.1 Å². The Morgan fingerprint density at radius 2 is 1.05 bits per heavy atom. The fraction of sp³-hybridized carbons (Fsp3) is 0.775. The molecule has 18 nitrogen and oxygen atoms in total. The summed E-state index contributed by atoms with van der Waals surface area (Å²) in [5.41, 5.74) is -2.06. The number of amides is 3. The van der Waals surface area contributed by atoms with Crippen molar-refractivity contribution in [2.75, 3.05) is 102 Å². The monoisotopic (exact) mass is 854 g/mol. The number of hydrogen-bond acceptors (Lipinski definition) is 16. The van der Waals surface area contributed by atoms with E-state index >= 15 is 0 Å². The molecule has 0 bridgehead atoms. The van der Waals surface area contributed by atoms with Gasteiger partial charge >= 0.3 is 12.2 Å². The van der Waals surface area contributed by atoms with Gasteiger partial charge in [-0.15, -0.1) is 0 Å². The van der Waals surface area contributed by atoms with Crippen LogP contribution in [-0.2, 0) is 23.9 Å². The maximum Gasteiger partial charge on any atom is 0.407 e. The van der Waals surface area contributed by atoms with Gasteiger partial charge in [-0.05, 0) is 145 Å². The van der Waals surface area contributed by atoms with Crippen molar-refractivity contribution in [3.63, 3.8) is 0 Å². The molecule has 59 heavy (non-hydrogen) atoms. The standard InChI is InChI=1S/C40H71N9O9S/c1-39(2,3)57-37(55)45-20-13-24-48(7)22-11-18-42-29-28(32(50)33(29)51)41-16-10-17-44-36(54)27(15-26-59-9)47-31-30(34(52)35(31)53)43-19-12-23-49(8)25-14-21-46-38(56)58-40(4,5)6/h27-29,41-43,47H,10-26H2,1-9H3,(H,44,54)(H,45,55)(H,46,56). The number of ether oxygens (including phenoxy) is 2. The SMILES string of the molecule is CSCCC(Nc1c(NCCCN(C)CCCNC(=O)OC(C)(C)C)c(=O)c1=O)C(=O)NCCCNC1C(=O)C(=O)C1NCCCN(C)CCCNC(=O)OC(C)(C)C. The van der Waals surface area contributed by atoms with E-state index in [0.717, 1.165) is 45.4 Å². The predicted octanol–water partition coefficient (Wildman–Crippen LogP) is 1.28. The lowest BCUT2D eigenvalue weighted by Gasteiger charge is -2.34. The van der Waals surface area contributed by atoms with E-state index in [1.165, 1.54) is 0 Å². The summed E-state index contributed by atoms with van der Waals surface area (Å²) < 4.78 is 10.5. The van der Waals surface area contributed by atoms with Gasteiger partial charge in [0.1, 0.15) is 28.6 Å². The second kappa shape index (κ2) is 25.8. The van der Waals surface area contributed by atoms with Gasteiger partial charge in [-0.1, -0.05) is 0 Å². The Hall–Kier alpha value is -3.78. The number of rotatable bonds is 29. The predicted molar refractivity (Wildman–Crippen MR) is 233 cm³/mol. The molecule has 0 aliphatic heterocycles. The van der Waals surface area contributed by atoms with Crippen LogP contribution in [-0.4, -0.2) is 160 Å². The number of anilines is 2. The van der Waals surface area contributed by atoms with Crippen LogP contribution in [0.25, 0.3) is 0 Å². The Bertz CT molecular complexity index is 1570. The number of alkyl carbamates (subject to hydrolysis) is 2. The minimum Gasteiger partial charge on any atom is -0.444 e. The van der Waals surface area contributed by atoms with E-state index in [2.05, 4.69) is 47.0 Å². The van der Waals surface area contributed by atoms with E-state index < -0.39 is 63.9 Å². The highest BCUT2D eigenvalue weighted by Crippen LogP contribution is 2.18. The second-order valence-electron chi connectivity index (χ2n) is 16.9. The molecule has 1 aliphatic rings. The van der Waals surface area contributed by atoms with Crippen molar-refractivity contribution in [3.8, 4) is 0 Å². The minimum atomic E-state index is -0.730. The van der Waals surface area contributed by atoms with Crippen molar-refractivity contribution in [1.29, 1.82) is 0 Å². The van der Waals surface area contributed by atoms with Gasteiger partial charge in [0, 0.05) is 26.2 Å². The minimum absolute atomic E-state index is 0.116. The Morgan fingerprint density at radius 1 is 0.627 bits per heavy atom. The van der Waals surface area contributed by atoms with Crippen LogP contribution in [0, 0.1) is 0 Å². The summed E-state index contributed by atoms with van der Waals surface area (Å²) in [5.74, 6) is -0.558. The quantitative estimate of drug-likeness (QED) is 0.0445. The lowest BCUT2D eigenvalue weighted by Crippen LogP contribution is -2.69. The van der Waals surface area contributed by atoms with Gasteiger partial charge in [-0.2, -0.15) is 11.8 Å². The highest BCUT2D eigenvalue weighted by Gasteiger charge is 2.48. The fourth-order valence-electron chi connectivity index (χ4n) is 6.09. The van der Waals surface area contributed by atoms with Gasteiger partial charge in [0.25, 0.3) is 10.9 Å². The molecule has 3 atom stereocenters. The Morgan fingerprint density at radius 3 is 1.53 bits per heavy atom. The van der Waals surface area contributed by atoms with Crippen LogP contribution in [0.4, 0.5) is 21.0 Å². The highest BCUT2D eigenvalue weighted by molar-refractivity contribution is 7.98. The molecule has 7 N–H and O–H groups in total. The van der Waals surface area contributed by atoms with E-state index in [0.29, 0.717) is 64.3 Å². The summed E-state index contributed by atoms with van der Waals surface area (Å²) in [6, 6.07) is -1.95. The highest BCUT2D eigenvalue weighted by atomic mass is 32.2. The van der Waals surface area contributed by atoms with Gasteiger partial charge in [-0.25, -0.2) is 9.59 Å². The molecule has 0 saturated heterocycles. The number of nitrogens with zero attached hydrogens (tertiary/aromatic N) is 2. The van der Waals surface area contributed by atoms with Crippen LogP contribution in [0.3, 0.4) is 0 Å². The van der Waals surface area contributed by atoms with Crippen molar-refractivity contribution in [1.82, 2.24) is 36.4 Å². The zero-order valence-corrected chi connectivity index (χ0v) is 37.5. The Labute approximate surface area is 353 Å². The average Bonchev–Trinajstić information content (AvgIpc) is 3.15. The first kappa shape index (κ1) is 51.4. The topological polar surface area (TPSA) is 229 Å². The summed E-state index contributed by atoms with van der Waals surface area (Å²) in [4.78, 5) is 90.6. The summed E-state index contributed by atoms with van der Waals surface area (Å²) in [6.45, 7) is 16.6. The number of hydrogen-bond donors (Lipinski definition) is 7. The smallest absolute Gasteiger partial charge is 0.407 e. The molecular weight excluding hydrogens is 783 g/mol. The van der Waals surface area contributed by atoms with Crippen molar-refractivity contribution in [2.24, 2.45) is 0 Å². The average molecular weight is 854 g/mol. The molecule has 336 valence electrons. The van der Waals surface area contributed by atoms with Crippen LogP contribution >= 0.6 is 11.8 Å². The molecule has 1 aliphatic carbocycles. The number of nitrogens with one attached hydrogen (secondary N) is 7. The van der Waals surface area contributed by atoms with Crippen molar-refractivity contribution >= 4 is 52.8 Å². The molecular formula is C40H71N9O9S. The van der Waals surface area contributed by atoms with Crippen LogP contribution in [0.1, 0.15) is 80.1 Å². The van der Waals surface area contributed by atoms with Gasteiger partial charge in [0.2, 0.25) is 17.5 Å². The maximum absolute atomic E-state index is 13.2. The zero-order valence-electron chi connectivity index (χ0n) is 36.7. The third kappa shape index (κ3) is 19.9. The third-order valence-electron chi connectivity index (χ3n) is 9.18. The molecule has 1 aromatic carbocycles. The van der Waals surface area contributed by atoms with Gasteiger partial charge in [-0.3, -0.25) is 24.0 Å². The molecule has 3 amide bonds. The normalized spacial score (nSPS) is 16.2. The first-order valence-corrected chi connectivity index (χ1v) is 22.1. The number of thioether (sulfide) groups is 1. The molecule has 19 heteroatoms. The number of carbonyl (C=O) groups excluding carboxylic acids is 5. The fourth-order valence-corrected chi connectivity index (χ4v) is 6.56. The van der Waals surface area contributed by atoms with Crippen molar-refractivity contribution in [2.45, 2.75) is 109 Å². The molecule has 0 aromatic heterocycles. The van der Waals surface area contributed by atoms with E-state index in [1.807, 2.05) is 61.9 Å². The first-order valence-electron chi connectivity index (χ1n) is 20.7. The lowest BCUT2D eigenvalue weighted by molar-refractivity contribution is -0.147. The maximum atomic E-state index is 13.2. The van der Waals surface area contributed by atoms with Crippen LogP contribution < -0.4 is 48.1 Å². The lowest BCUT2D eigenvalue weighted by atomic mass is 9.83. The van der Waals surface area contributed by atoms with Crippen LogP contribution in [0.15, 0.2) is 9.59 Å². The zero-order chi connectivity index (χ0) is 44.2. The second-order valence-corrected chi connectivity index (χ2v) is 17.9. The number of ketones is 2. The molecule has 0 heterocycles. The first-order chi connectivity index (χ1) is 27.7. The molecule has 0 radical (unpaired) electrons. The molecule has 1 aromatic rings. The van der Waals surface area contributed by atoms with Crippen molar-refractivity contribution < 1.29 is 33.4 Å². The van der Waals surface area contributed by atoms with Crippen molar-refractivity contribution in [3.05, 3.63) is 20.4 Å². The molecule has 2 rings (SSSR count). The van der Waals surface area contributed by atoms with Gasteiger partial charge in [0.15, 0.2) is 0 Å². The molecule has 1 fully saturated rings. The number of carbonyl (C=O) groups is 5. The van der Waals surface area contributed by atoms with Crippen LogP contribution in [0.2, 0.25) is 0 Å². The van der Waals surface area contributed by atoms with Gasteiger partial charge < -0.3 is 56.5 Å². The van der Waals surface area contributed by atoms with E-state index in [-0.39, 0.29) is 17.3 Å². The van der Waals surface area contributed by atoms with E-state index in [4.69, 9.17) is 9.47 Å². The Kier molecular flexibility index (Phi) is 22.4. The molecule has 0 spiro atoms. The molecule has 1 saturated carbocycles. The summed E-state index contributed by atoms with van der Waals surface area (Å²) in [5, 5.41) is 20.8. The summed E-state index contributed by atoms with van der Waals surface area (Å²) in [7, 11) is 3.95. The third-order valence-corrected chi connectivity index (χ3v) is 9.83. The summed E-state index contributed by atoms with van der Waals surface area (Å²) >= 11 is 1.56. The van der Waals surface area contributed by atoms with Crippen LogP contribution in [0.5, 0.6) is 0 Å². The molecule has 3 unspecified atom stereocenters. The number of Topliss-reactive ketones (excluding diaryl/α,β-unsaturated/α-hetero) is 2. The van der Waals surface area contributed by atoms with E-state index in [1.54, 1.807) is 11.8 Å². The summed E-state index contributed by atoms with van der Waals surface area (Å²) in [6.07, 6.45) is 4.95. The Balaban J connectivity index is 1.69. The largest absolute Gasteiger partial charge is 0.444 e. The van der Waals surface area contributed by atoms with E-state index in [9.17, 15) is 33.6 Å².